The van der Waals surface area contributed by atoms with Gasteiger partial charge in [-0.15, -0.1) is 0 Å². The van der Waals surface area contributed by atoms with E-state index in [0.29, 0.717) is 24.9 Å². The maximum Gasteiger partial charge on any atom is 0.407 e. The molecule has 0 spiro atoms. The van der Waals surface area contributed by atoms with Crippen LogP contribution in [0.3, 0.4) is 0 Å². The summed E-state index contributed by atoms with van der Waals surface area (Å²) in [5.41, 5.74) is 12.8. The normalized spacial score (nSPS) is 20.8. The first-order valence-corrected chi connectivity index (χ1v) is 25.5. The van der Waals surface area contributed by atoms with E-state index in [2.05, 4.69) is 106 Å². The molecule has 3 aromatic carbocycles. The van der Waals surface area contributed by atoms with Crippen molar-refractivity contribution in [2.45, 2.75) is 110 Å². The summed E-state index contributed by atoms with van der Waals surface area (Å²) in [5, 5.41) is 5.46. The van der Waals surface area contributed by atoms with Crippen LogP contribution >= 0.6 is 0 Å². The lowest BCUT2D eigenvalue weighted by molar-refractivity contribution is -0.136. The standard InChI is InChI=1S/C57H68N8O6/c1-33(2)50(62-56(68)70-6)54(66)64-26-8-10-48(64)52-58-31-46(60-52)41-21-17-39(18-22-41)44-29-36-12-15-38(44)16-13-37-28-35(5)43(25-14-36)45(30-37)40-19-23-42(24-20-40)47-32-59-53(61-47)49-11-9-27-65(49)55(67)51(34(3)4)63-57(69)71-7/h12,15,17-24,28-35,43,48-51H,8-11,13-14,16,25-27H2,1-7H3,(H,58,60)(H,59,61)(H,62,68)(H,63,69)/t35?,43?,48-,49-,50-,51-/m0/s1. The van der Waals surface area contributed by atoms with Gasteiger partial charge in [0.2, 0.25) is 11.8 Å². The van der Waals surface area contributed by atoms with Crippen molar-refractivity contribution in [3.8, 4) is 33.6 Å². The van der Waals surface area contributed by atoms with E-state index in [9.17, 15) is 19.2 Å². The first-order valence-electron chi connectivity index (χ1n) is 25.5. The van der Waals surface area contributed by atoms with Crippen LogP contribution in [0.2, 0.25) is 0 Å². The molecule has 4 bridgehead atoms. The number of H-pyrrole nitrogens is 2. The average molecular weight is 961 g/mol. The molecule has 0 radical (unpaired) electrons. The van der Waals surface area contributed by atoms with Crippen molar-refractivity contribution in [1.82, 2.24) is 40.4 Å². The summed E-state index contributed by atoms with van der Waals surface area (Å²) in [5.74, 6) is 1.81. The van der Waals surface area contributed by atoms with E-state index in [1.54, 1.807) is 0 Å². The van der Waals surface area contributed by atoms with Crippen LogP contribution in [-0.2, 0) is 31.9 Å². The number of aromatic nitrogens is 4. The third-order valence-electron chi connectivity index (χ3n) is 15.1. The molecule has 2 aliphatic heterocycles. The first kappa shape index (κ1) is 49.0. The second-order valence-electron chi connectivity index (χ2n) is 20.4. The minimum atomic E-state index is -0.684. The fourth-order valence-electron chi connectivity index (χ4n) is 11.2. The molecule has 5 aromatic rings. The number of rotatable bonds is 12. The average Bonchev–Trinajstić information content (AvgIpc) is 4.23. The lowest BCUT2D eigenvalue weighted by atomic mass is 9.74. The van der Waals surface area contributed by atoms with Crippen LogP contribution in [-0.4, -0.2) is 93.1 Å². The molecule has 0 saturated carbocycles. The zero-order valence-corrected chi connectivity index (χ0v) is 42.1. The fraction of sp³-hybridized carbons (Fsp3) is 0.439. The Morgan fingerprint density at radius 1 is 0.648 bits per heavy atom. The second kappa shape index (κ2) is 21.2. The van der Waals surface area contributed by atoms with Gasteiger partial charge in [0, 0.05) is 36.6 Å². The summed E-state index contributed by atoms with van der Waals surface area (Å²) in [6, 6.07) is 22.8. The topological polar surface area (TPSA) is 175 Å². The fourth-order valence-corrected chi connectivity index (χ4v) is 11.2. The van der Waals surface area contributed by atoms with Crippen LogP contribution in [0.1, 0.15) is 114 Å². The summed E-state index contributed by atoms with van der Waals surface area (Å²) in [6.07, 6.45) is 14.7. The number of allylic oxidation sites excluding steroid dienone is 4. The van der Waals surface area contributed by atoms with Gasteiger partial charge >= 0.3 is 12.2 Å². The van der Waals surface area contributed by atoms with Gasteiger partial charge < -0.3 is 39.9 Å². The molecule has 12 rings (SSSR count). The number of likely N-dealkylation sites (tertiary alicyclic amines) is 2. The van der Waals surface area contributed by atoms with Crippen LogP contribution in [0, 0.1) is 23.7 Å². The van der Waals surface area contributed by atoms with Gasteiger partial charge in [-0.3, -0.25) is 9.59 Å². The number of carbonyl (C=O) groups excluding carboxylic acids is 4. The molecule has 372 valence electrons. The van der Waals surface area contributed by atoms with Gasteiger partial charge in [0.25, 0.3) is 0 Å². The Morgan fingerprint density at radius 2 is 1.15 bits per heavy atom. The van der Waals surface area contributed by atoms with Crippen molar-refractivity contribution < 1.29 is 28.7 Å². The number of nitrogens with zero attached hydrogens (tertiary/aromatic N) is 4. The summed E-state index contributed by atoms with van der Waals surface area (Å²) >= 11 is 0. The number of benzene rings is 3. The molecule has 4 heterocycles. The van der Waals surface area contributed by atoms with E-state index < -0.39 is 24.3 Å². The van der Waals surface area contributed by atoms with E-state index in [1.165, 1.54) is 53.2 Å². The third kappa shape index (κ3) is 10.4. The Labute approximate surface area is 417 Å². The quantitative estimate of drug-likeness (QED) is 0.0956. The Kier molecular flexibility index (Phi) is 14.6. The molecule has 2 saturated heterocycles. The monoisotopic (exact) mass is 961 g/mol. The zero-order valence-electron chi connectivity index (χ0n) is 42.1. The number of nitrogens with one attached hydrogen (secondary N) is 4. The predicted molar refractivity (Wildman–Crippen MR) is 275 cm³/mol. The minimum absolute atomic E-state index is 0.101. The number of amides is 4. The van der Waals surface area contributed by atoms with Crippen LogP contribution in [0.5, 0.6) is 0 Å². The second-order valence-corrected chi connectivity index (χ2v) is 20.4. The Balaban J connectivity index is 0.877. The molecule has 4 N–H and O–H groups in total. The molecule has 2 fully saturated rings. The highest BCUT2D eigenvalue weighted by Gasteiger charge is 2.39. The van der Waals surface area contributed by atoms with Crippen molar-refractivity contribution in [3.05, 3.63) is 125 Å². The van der Waals surface area contributed by atoms with Gasteiger partial charge in [-0.2, -0.15) is 0 Å². The number of ether oxygens (including phenoxy) is 2. The molecule has 71 heavy (non-hydrogen) atoms. The van der Waals surface area contributed by atoms with E-state index in [1.807, 2.05) is 49.9 Å². The SMILES string of the molecule is COC(=O)N[C@H](C(=O)N1CCC[C@H]1c1nc(-c2ccc(C3=CC4=CC(C)C3CCc3ccc(c(-c5ccc(-c6c[nH]c([C@@H]7CCCN7C(=O)[C@@H](NC(=O)OC)C(C)C)n6)cc5)c3)CC4)cc2)c[nH]1)C(C)C. The summed E-state index contributed by atoms with van der Waals surface area (Å²) in [6.45, 7) is 11.3. The molecular weight excluding hydrogens is 893 g/mol. The number of imidazole rings is 2. The first-order chi connectivity index (χ1) is 34.3. The van der Waals surface area contributed by atoms with E-state index in [0.717, 1.165) is 85.5 Å². The number of alkyl carbamates (subject to hydrolysis) is 2. The van der Waals surface area contributed by atoms with Crippen molar-refractivity contribution in [3.63, 3.8) is 0 Å². The maximum atomic E-state index is 13.7. The highest BCUT2D eigenvalue weighted by molar-refractivity contribution is 5.87. The lowest BCUT2D eigenvalue weighted by Gasteiger charge is -2.31. The third-order valence-corrected chi connectivity index (χ3v) is 15.1. The van der Waals surface area contributed by atoms with Gasteiger partial charge in [0.15, 0.2) is 0 Å². The van der Waals surface area contributed by atoms with E-state index >= 15 is 0 Å². The molecule has 2 unspecified atom stereocenters. The highest BCUT2D eigenvalue weighted by atomic mass is 16.5. The Hall–Kier alpha value is -6.96. The number of methoxy groups -OCH3 is 2. The summed E-state index contributed by atoms with van der Waals surface area (Å²) < 4.78 is 9.61. The van der Waals surface area contributed by atoms with Crippen LogP contribution < -0.4 is 10.6 Å². The smallest absolute Gasteiger partial charge is 0.407 e. The number of hydrogen-bond acceptors (Lipinski definition) is 8. The van der Waals surface area contributed by atoms with Gasteiger partial charge in [-0.1, -0.05) is 119 Å². The zero-order chi connectivity index (χ0) is 49.9. The molecule has 4 amide bonds. The van der Waals surface area contributed by atoms with Crippen LogP contribution in [0.15, 0.2) is 96.8 Å². The predicted octanol–water partition coefficient (Wildman–Crippen LogP) is 10.4. The summed E-state index contributed by atoms with van der Waals surface area (Å²) in [4.78, 5) is 72.0. The van der Waals surface area contributed by atoms with Crippen molar-refractivity contribution in [2.75, 3.05) is 27.3 Å². The van der Waals surface area contributed by atoms with Crippen LogP contribution in [0.4, 0.5) is 9.59 Å². The van der Waals surface area contributed by atoms with E-state index in [-0.39, 0.29) is 35.7 Å². The Morgan fingerprint density at radius 3 is 1.66 bits per heavy atom. The molecule has 5 aliphatic carbocycles. The Bertz CT molecular complexity index is 2810. The molecule has 7 aliphatic rings. The van der Waals surface area contributed by atoms with Crippen LogP contribution in [0.25, 0.3) is 39.2 Å². The highest BCUT2D eigenvalue weighted by Crippen LogP contribution is 2.42. The molecule has 14 nitrogen and oxygen atoms in total. The lowest BCUT2D eigenvalue weighted by Crippen LogP contribution is -2.51. The van der Waals surface area contributed by atoms with Gasteiger partial charge in [0.1, 0.15) is 23.7 Å². The van der Waals surface area contributed by atoms with Crippen molar-refractivity contribution in [1.29, 1.82) is 0 Å². The largest absolute Gasteiger partial charge is 0.453 e. The molecule has 14 heteroatoms. The van der Waals surface area contributed by atoms with Gasteiger partial charge in [-0.25, -0.2) is 19.6 Å². The number of carbonyl (C=O) groups is 4. The van der Waals surface area contributed by atoms with E-state index in [4.69, 9.17) is 19.4 Å². The molecule has 6 atom stereocenters. The van der Waals surface area contributed by atoms with Crippen molar-refractivity contribution in [2.24, 2.45) is 23.7 Å². The van der Waals surface area contributed by atoms with Gasteiger partial charge in [-0.05, 0) is 108 Å². The number of hydrogen-bond donors (Lipinski definition) is 4. The van der Waals surface area contributed by atoms with Crippen molar-refractivity contribution >= 4 is 29.6 Å². The molecular formula is C57H68N8O6. The minimum Gasteiger partial charge on any atom is -0.453 e. The number of aromatic amines is 2. The summed E-state index contributed by atoms with van der Waals surface area (Å²) in [7, 11) is 2.61. The van der Waals surface area contributed by atoms with Gasteiger partial charge in [0.05, 0.1) is 37.7 Å². The number of aryl methyl sites for hydroxylation is 2. The molecule has 2 aromatic heterocycles. The maximum absolute atomic E-state index is 13.7.